The van der Waals surface area contributed by atoms with Crippen molar-refractivity contribution in [1.82, 2.24) is 0 Å². The van der Waals surface area contributed by atoms with E-state index in [1.54, 1.807) is 0 Å². The molecule has 0 spiro atoms. The zero-order valence-electron chi connectivity index (χ0n) is 11.2. The number of nitrogens with two attached hydrogens (primary N) is 2. The van der Waals surface area contributed by atoms with E-state index in [1.807, 2.05) is 50.2 Å². The lowest BCUT2D eigenvalue weighted by Crippen LogP contribution is -2.00. The molecule has 2 rings (SSSR count). The molecule has 2 aromatic rings. The van der Waals surface area contributed by atoms with Crippen LogP contribution in [0, 0.1) is 13.8 Å². The third kappa shape index (κ3) is 2.71. The van der Waals surface area contributed by atoms with E-state index >= 15 is 0 Å². The number of ether oxygens (including phenoxy) is 1. The van der Waals surface area contributed by atoms with E-state index in [0.29, 0.717) is 17.2 Å². The lowest BCUT2D eigenvalue weighted by atomic mass is 10.1. The van der Waals surface area contributed by atoms with E-state index in [0.717, 1.165) is 22.4 Å². The second-order valence-electron chi connectivity index (χ2n) is 4.59. The fourth-order valence-electron chi connectivity index (χ4n) is 1.93. The summed E-state index contributed by atoms with van der Waals surface area (Å²) in [4.78, 5) is 0. The first kappa shape index (κ1) is 13.0. The lowest BCUT2D eigenvalue weighted by molar-refractivity contribution is 0.518. The van der Waals surface area contributed by atoms with Gasteiger partial charge in [-0.05, 0) is 49.2 Å². The molecule has 0 aliphatic heterocycles. The summed E-state index contributed by atoms with van der Waals surface area (Å²) in [5, 5.41) is 0. The quantitative estimate of drug-likeness (QED) is 0.650. The fourth-order valence-corrected chi connectivity index (χ4v) is 1.93. The van der Waals surface area contributed by atoms with Crippen molar-refractivity contribution in [2.45, 2.75) is 13.8 Å². The molecule has 0 atom stereocenters. The minimum absolute atomic E-state index is 0.565. The molecule has 4 N–H and O–H groups in total. The molecule has 0 bridgehead atoms. The Labute approximate surface area is 113 Å². The van der Waals surface area contributed by atoms with Gasteiger partial charge < -0.3 is 16.2 Å². The molecule has 0 aromatic heterocycles. The molecule has 2 aromatic carbocycles. The predicted octanol–water partition coefficient (Wildman–Crippen LogP) is 3.52. The zero-order valence-corrected chi connectivity index (χ0v) is 11.2. The molecule has 19 heavy (non-hydrogen) atoms. The highest BCUT2D eigenvalue weighted by molar-refractivity contribution is 5.68. The number of para-hydroxylation sites is 1. The summed E-state index contributed by atoms with van der Waals surface area (Å²) in [7, 11) is 0. The van der Waals surface area contributed by atoms with Gasteiger partial charge in [-0.3, -0.25) is 0 Å². The second-order valence-corrected chi connectivity index (χ2v) is 4.59. The van der Waals surface area contributed by atoms with Gasteiger partial charge in [0.25, 0.3) is 0 Å². The smallest absolute Gasteiger partial charge is 0.150 e. The molecular formula is C16H18N2O. The number of nitrogen functional groups attached to an aromatic ring is 2. The summed E-state index contributed by atoms with van der Waals surface area (Å²) in [6.07, 6.45) is 0. The number of anilines is 2. The van der Waals surface area contributed by atoms with Gasteiger partial charge in [-0.2, -0.15) is 0 Å². The van der Waals surface area contributed by atoms with Crippen molar-refractivity contribution in [2.75, 3.05) is 11.5 Å². The first-order chi connectivity index (χ1) is 8.99. The molecule has 0 fully saturated rings. The van der Waals surface area contributed by atoms with Crippen molar-refractivity contribution >= 4 is 17.1 Å². The molecule has 98 valence electrons. The van der Waals surface area contributed by atoms with Gasteiger partial charge in [0, 0.05) is 11.3 Å². The highest BCUT2D eigenvalue weighted by Crippen LogP contribution is 2.29. The zero-order chi connectivity index (χ0) is 14.0. The maximum absolute atomic E-state index is 5.99. The van der Waals surface area contributed by atoms with Crippen molar-refractivity contribution in [3.8, 4) is 5.75 Å². The summed E-state index contributed by atoms with van der Waals surface area (Å²) in [5.74, 6) is 1.19. The SMILES string of the molecule is C=C(Oc1cccc(C)c1N)c1ccc(N)cc1C. The Morgan fingerprint density at radius 2 is 1.79 bits per heavy atom. The number of rotatable bonds is 3. The van der Waals surface area contributed by atoms with Gasteiger partial charge in [-0.1, -0.05) is 18.7 Å². The van der Waals surface area contributed by atoms with E-state index < -0.39 is 0 Å². The normalized spacial score (nSPS) is 10.2. The maximum atomic E-state index is 5.99. The highest BCUT2D eigenvalue weighted by atomic mass is 16.5. The second kappa shape index (κ2) is 5.06. The van der Waals surface area contributed by atoms with Crippen LogP contribution in [0.5, 0.6) is 5.75 Å². The molecule has 3 heteroatoms. The summed E-state index contributed by atoms with van der Waals surface area (Å²) >= 11 is 0. The summed E-state index contributed by atoms with van der Waals surface area (Å²) < 4.78 is 5.77. The Hall–Kier alpha value is -2.42. The van der Waals surface area contributed by atoms with E-state index in [4.69, 9.17) is 16.2 Å². The molecular weight excluding hydrogens is 236 g/mol. The molecule has 0 amide bonds. The monoisotopic (exact) mass is 254 g/mol. The minimum Gasteiger partial charge on any atom is -0.455 e. The van der Waals surface area contributed by atoms with Crippen LogP contribution in [0.4, 0.5) is 11.4 Å². The highest BCUT2D eigenvalue weighted by Gasteiger charge is 2.08. The van der Waals surface area contributed by atoms with Crippen molar-refractivity contribution in [2.24, 2.45) is 0 Å². The third-order valence-corrected chi connectivity index (χ3v) is 3.07. The fraction of sp³-hybridized carbons (Fsp3) is 0.125. The Bertz CT molecular complexity index is 633. The van der Waals surface area contributed by atoms with Crippen LogP contribution in [-0.4, -0.2) is 0 Å². The third-order valence-electron chi connectivity index (χ3n) is 3.07. The number of hydrogen-bond acceptors (Lipinski definition) is 3. The van der Waals surface area contributed by atoms with Gasteiger partial charge in [0.2, 0.25) is 0 Å². The largest absolute Gasteiger partial charge is 0.455 e. The van der Waals surface area contributed by atoms with E-state index in [1.165, 1.54) is 0 Å². The molecule has 3 nitrogen and oxygen atoms in total. The van der Waals surface area contributed by atoms with Crippen LogP contribution in [0.1, 0.15) is 16.7 Å². The van der Waals surface area contributed by atoms with Gasteiger partial charge in [-0.15, -0.1) is 0 Å². The first-order valence-electron chi connectivity index (χ1n) is 6.07. The van der Waals surface area contributed by atoms with Gasteiger partial charge in [0.1, 0.15) is 5.76 Å². The van der Waals surface area contributed by atoms with E-state index in [9.17, 15) is 0 Å². The van der Waals surface area contributed by atoms with Gasteiger partial charge in [-0.25, -0.2) is 0 Å². The van der Waals surface area contributed by atoms with Crippen LogP contribution >= 0.6 is 0 Å². The van der Waals surface area contributed by atoms with Crippen LogP contribution < -0.4 is 16.2 Å². The average Bonchev–Trinajstić information content (AvgIpc) is 2.34. The number of aryl methyl sites for hydroxylation is 2. The topological polar surface area (TPSA) is 61.3 Å². The van der Waals surface area contributed by atoms with Crippen LogP contribution in [-0.2, 0) is 0 Å². The molecule has 0 saturated carbocycles. The summed E-state index contributed by atoms with van der Waals surface area (Å²) in [6, 6.07) is 11.3. The molecule has 0 aliphatic rings. The molecule has 0 unspecified atom stereocenters. The molecule has 0 aliphatic carbocycles. The van der Waals surface area contributed by atoms with Crippen LogP contribution in [0.25, 0.3) is 5.76 Å². The van der Waals surface area contributed by atoms with Crippen molar-refractivity contribution in [3.05, 3.63) is 59.7 Å². The Kier molecular flexibility index (Phi) is 3.47. The average molecular weight is 254 g/mol. The first-order valence-corrected chi connectivity index (χ1v) is 6.07. The Morgan fingerprint density at radius 1 is 1.05 bits per heavy atom. The van der Waals surface area contributed by atoms with E-state index in [-0.39, 0.29) is 0 Å². The van der Waals surface area contributed by atoms with Crippen molar-refractivity contribution in [1.29, 1.82) is 0 Å². The summed E-state index contributed by atoms with van der Waals surface area (Å²) in [5.41, 5.74) is 16.0. The predicted molar refractivity (Wildman–Crippen MR) is 80.8 cm³/mol. The number of benzene rings is 2. The van der Waals surface area contributed by atoms with Gasteiger partial charge in [0.15, 0.2) is 5.75 Å². The van der Waals surface area contributed by atoms with Gasteiger partial charge >= 0.3 is 0 Å². The number of hydrogen-bond donors (Lipinski definition) is 2. The van der Waals surface area contributed by atoms with Crippen molar-refractivity contribution in [3.63, 3.8) is 0 Å². The standard InChI is InChI=1S/C16H18N2O/c1-10-5-4-6-15(16(10)18)19-12(3)14-8-7-13(17)9-11(14)2/h4-9H,3,17-18H2,1-2H3. The van der Waals surface area contributed by atoms with Crippen molar-refractivity contribution < 1.29 is 4.74 Å². The maximum Gasteiger partial charge on any atom is 0.150 e. The van der Waals surface area contributed by atoms with Gasteiger partial charge in [0.05, 0.1) is 5.69 Å². The minimum atomic E-state index is 0.565. The van der Waals surface area contributed by atoms with E-state index in [2.05, 4.69) is 6.58 Å². The lowest BCUT2D eigenvalue weighted by Gasteiger charge is -2.14. The Balaban J connectivity index is 2.28. The molecule has 0 saturated heterocycles. The van der Waals surface area contributed by atoms with Crippen LogP contribution in [0.15, 0.2) is 43.0 Å². The molecule has 0 radical (unpaired) electrons. The van der Waals surface area contributed by atoms with Crippen LogP contribution in [0.2, 0.25) is 0 Å². The Morgan fingerprint density at radius 3 is 2.47 bits per heavy atom. The van der Waals surface area contributed by atoms with Crippen LogP contribution in [0.3, 0.4) is 0 Å². The summed E-state index contributed by atoms with van der Waals surface area (Å²) in [6.45, 7) is 7.88. The molecule has 0 heterocycles.